The zero-order chi connectivity index (χ0) is 14.4. The molecule has 0 saturated heterocycles. The molecule has 0 aliphatic heterocycles. The Morgan fingerprint density at radius 2 is 1.90 bits per heavy atom. The number of aromatic nitrogens is 2. The molecule has 1 atom stereocenters. The third kappa shape index (κ3) is 4.40. The monoisotopic (exact) mass is 308 g/mol. The summed E-state index contributed by atoms with van der Waals surface area (Å²) in [5.74, 6) is 0.196. The Bertz CT molecular complexity index is 564. The first-order valence-corrected chi connectivity index (χ1v) is 7.16. The first-order valence-electron chi connectivity index (χ1n) is 5.90. The summed E-state index contributed by atoms with van der Waals surface area (Å²) in [7, 11) is 0. The molecule has 0 fully saturated rings. The topological polar surface area (TPSA) is 66.9 Å². The highest BCUT2D eigenvalue weighted by Gasteiger charge is 2.14. The highest BCUT2D eigenvalue weighted by Crippen LogP contribution is 2.24. The van der Waals surface area contributed by atoms with E-state index in [2.05, 4.69) is 20.8 Å². The van der Waals surface area contributed by atoms with E-state index in [0.29, 0.717) is 11.0 Å². The van der Waals surface area contributed by atoms with E-state index in [1.54, 1.807) is 30.6 Å². The molecule has 1 amide bonds. The largest absolute Gasteiger partial charge is 0.272 e. The quantitative estimate of drug-likeness (QED) is 0.657. The molecule has 7 heteroatoms. The maximum absolute atomic E-state index is 11.9. The van der Waals surface area contributed by atoms with Gasteiger partial charge in [-0.2, -0.15) is 0 Å². The molecule has 104 valence electrons. The van der Waals surface area contributed by atoms with Crippen LogP contribution in [-0.2, 0) is 4.79 Å². The van der Waals surface area contributed by atoms with E-state index in [0.717, 1.165) is 4.90 Å². The van der Waals surface area contributed by atoms with Gasteiger partial charge in [-0.05, 0) is 37.3 Å². The van der Waals surface area contributed by atoms with Crippen LogP contribution in [-0.4, -0.2) is 21.1 Å². The molecule has 0 aliphatic rings. The normalized spacial score (nSPS) is 11.7. The number of rotatable bonds is 5. The Morgan fingerprint density at radius 1 is 1.25 bits per heavy atom. The summed E-state index contributed by atoms with van der Waals surface area (Å²) in [6, 6.07) is 9.05. The summed E-state index contributed by atoms with van der Waals surface area (Å²) in [5.41, 5.74) is 5.23. The average molecular weight is 309 g/mol. The van der Waals surface area contributed by atoms with Crippen molar-refractivity contribution in [3.63, 3.8) is 0 Å². The lowest BCUT2D eigenvalue weighted by molar-refractivity contribution is -0.119. The fraction of sp³-hybridized carbons (Fsp3) is 0.154. The van der Waals surface area contributed by atoms with Gasteiger partial charge < -0.3 is 0 Å². The van der Waals surface area contributed by atoms with Crippen molar-refractivity contribution < 1.29 is 4.79 Å². The van der Waals surface area contributed by atoms with Gasteiger partial charge in [0.25, 0.3) is 5.91 Å². The summed E-state index contributed by atoms with van der Waals surface area (Å²) in [5, 5.41) is 0.418. The van der Waals surface area contributed by atoms with Gasteiger partial charge in [-0.15, -0.1) is 11.8 Å². The molecule has 2 rings (SSSR count). The van der Waals surface area contributed by atoms with Gasteiger partial charge in [-0.25, -0.2) is 9.97 Å². The predicted molar refractivity (Wildman–Crippen MR) is 80.6 cm³/mol. The highest BCUT2D eigenvalue weighted by atomic mass is 35.5. The molecule has 0 aliphatic carbocycles. The van der Waals surface area contributed by atoms with Gasteiger partial charge in [0, 0.05) is 22.3 Å². The van der Waals surface area contributed by atoms with Crippen LogP contribution in [0.5, 0.6) is 0 Å². The highest BCUT2D eigenvalue weighted by molar-refractivity contribution is 8.00. The minimum Gasteiger partial charge on any atom is -0.272 e. The lowest BCUT2D eigenvalue weighted by atomic mass is 10.4. The third-order valence-electron chi connectivity index (χ3n) is 2.36. The Labute approximate surface area is 126 Å². The van der Waals surface area contributed by atoms with Crippen LogP contribution in [0.4, 0.5) is 5.95 Å². The Morgan fingerprint density at radius 3 is 2.55 bits per heavy atom. The van der Waals surface area contributed by atoms with E-state index >= 15 is 0 Å². The molecule has 0 spiro atoms. The van der Waals surface area contributed by atoms with Crippen LogP contribution in [0.1, 0.15) is 6.92 Å². The standard InChI is InChI=1S/C13H13ClN4OS/c1-9(20-11-5-3-10(14)4-6-11)12(19)17-18-13-15-7-2-8-16-13/h2-9H,1H3,(H,17,19)(H,15,16,18). The van der Waals surface area contributed by atoms with E-state index in [9.17, 15) is 4.79 Å². The van der Waals surface area contributed by atoms with E-state index in [1.807, 2.05) is 19.1 Å². The number of carbonyl (C=O) groups excluding carboxylic acids is 1. The van der Waals surface area contributed by atoms with Crippen molar-refractivity contribution in [3.05, 3.63) is 47.7 Å². The maximum atomic E-state index is 11.9. The molecule has 0 saturated carbocycles. The van der Waals surface area contributed by atoms with Crippen molar-refractivity contribution in [3.8, 4) is 0 Å². The molecule has 2 aromatic rings. The molecular formula is C13H13ClN4OS. The number of amides is 1. The number of anilines is 1. The molecular weight excluding hydrogens is 296 g/mol. The summed E-state index contributed by atoms with van der Waals surface area (Å²) < 4.78 is 0. The van der Waals surface area contributed by atoms with Crippen LogP contribution >= 0.6 is 23.4 Å². The molecule has 0 radical (unpaired) electrons. The lowest BCUT2D eigenvalue weighted by Crippen LogP contribution is -2.35. The minimum atomic E-state index is -0.257. The van der Waals surface area contributed by atoms with Crippen molar-refractivity contribution in [2.24, 2.45) is 0 Å². The first kappa shape index (κ1) is 14.6. The van der Waals surface area contributed by atoms with Crippen molar-refractivity contribution in [1.29, 1.82) is 0 Å². The molecule has 1 unspecified atom stereocenters. The molecule has 5 nitrogen and oxygen atoms in total. The molecule has 1 aromatic heterocycles. The second-order valence-corrected chi connectivity index (χ2v) is 5.75. The van der Waals surface area contributed by atoms with Gasteiger partial charge >= 0.3 is 0 Å². The molecule has 20 heavy (non-hydrogen) atoms. The number of hydrazine groups is 1. The van der Waals surface area contributed by atoms with Crippen LogP contribution in [0.3, 0.4) is 0 Å². The van der Waals surface area contributed by atoms with Gasteiger partial charge in [0.15, 0.2) is 0 Å². The van der Waals surface area contributed by atoms with E-state index in [1.165, 1.54) is 11.8 Å². The minimum absolute atomic E-state index is 0.155. The SMILES string of the molecule is CC(Sc1ccc(Cl)cc1)C(=O)NNc1ncccn1. The van der Waals surface area contributed by atoms with E-state index in [4.69, 9.17) is 11.6 Å². The number of thioether (sulfide) groups is 1. The molecule has 0 bridgehead atoms. The number of nitrogens with zero attached hydrogens (tertiary/aromatic N) is 2. The summed E-state index contributed by atoms with van der Waals surface area (Å²) in [6.45, 7) is 1.82. The number of hydrogen-bond acceptors (Lipinski definition) is 5. The lowest BCUT2D eigenvalue weighted by Gasteiger charge is -2.12. The number of halogens is 1. The number of carbonyl (C=O) groups is 1. The van der Waals surface area contributed by atoms with Crippen molar-refractivity contribution in [1.82, 2.24) is 15.4 Å². The summed E-state index contributed by atoms with van der Waals surface area (Å²) >= 11 is 7.26. The van der Waals surface area contributed by atoms with Crippen LogP contribution in [0.25, 0.3) is 0 Å². The zero-order valence-corrected chi connectivity index (χ0v) is 12.3. The third-order valence-corrected chi connectivity index (χ3v) is 3.72. The van der Waals surface area contributed by atoms with E-state index < -0.39 is 0 Å². The number of nitrogens with one attached hydrogen (secondary N) is 2. The maximum Gasteiger partial charge on any atom is 0.251 e. The van der Waals surface area contributed by atoms with Gasteiger partial charge in [0.05, 0.1) is 5.25 Å². The smallest absolute Gasteiger partial charge is 0.251 e. The Kier molecular flexibility index (Phi) is 5.20. The second-order valence-electron chi connectivity index (χ2n) is 3.90. The molecule has 2 N–H and O–H groups in total. The average Bonchev–Trinajstić information content (AvgIpc) is 2.48. The Hall–Kier alpha value is -1.79. The predicted octanol–water partition coefficient (Wildman–Crippen LogP) is 2.75. The van der Waals surface area contributed by atoms with Crippen LogP contribution in [0.2, 0.25) is 5.02 Å². The fourth-order valence-electron chi connectivity index (χ4n) is 1.35. The molecule has 1 heterocycles. The summed E-state index contributed by atoms with van der Waals surface area (Å²) in [4.78, 5) is 20.8. The van der Waals surface area contributed by atoms with Crippen LogP contribution < -0.4 is 10.9 Å². The van der Waals surface area contributed by atoms with Crippen molar-refractivity contribution in [2.75, 3.05) is 5.43 Å². The second kappa shape index (κ2) is 7.12. The van der Waals surface area contributed by atoms with Gasteiger partial charge in [0.2, 0.25) is 5.95 Å². The number of hydrogen-bond donors (Lipinski definition) is 2. The number of benzene rings is 1. The van der Waals surface area contributed by atoms with Crippen LogP contribution in [0, 0.1) is 0 Å². The van der Waals surface area contributed by atoms with Gasteiger partial charge in [0.1, 0.15) is 0 Å². The Balaban J connectivity index is 1.84. The summed E-state index contributed by atoms with van der Waals surface area (Å²) in [6.07, 6.45) is 3.18. The van der Waals surface area contributed by atoms with Gasteiger partial charge in [-0.1, -0.05) is 11.6 Å². The first-order chi connectivity index (χ1) is 9.65. The van der Waals surface area contributed by atoms with Crippen molar-refractivity contribution >= 4 is 35.2 Å². The van der Waals surface area contributed by atoms with E-state index in [-0.39, 0.29) is 11.2 Å². The fourth-order valence-corrected chi connectivity index (χ4v) is 2.35. The van der Waals surface area contributed by atoms with Crippen molar-refractivity contribution in [2.45, 2.75) is 17.1 Å². The molecule has 1 aromatic carbocycles. The van der Waals surface area contributed by atoms with Gasteiger partial charge in [-0.3, -0.25) is 15.6 Å². The zero-order valence-electron chi connectivity index (χ0n) is 10.7. The van der Waals surface area contributed by atoms with Crippen LogP contribution in [0.15, 0.2) is 47.6 Å².